The molecule has 0 saturated heterocycles. The smallest absolute Gasteiger partial charge is 0.312 e. The Kier molecular flexibility index (Phi) is 6.27. The third kappa shape index (κ3) is 4.85. The van der Waals surface area contributed by atoms with Gasteiger partial charge in [-0.3, -0.25) is 4.99 Å². The number of hydrogen-bond donors (Lipinski definition) is 1. The van der Waals surface area contributed by atoms with Crippen molar-refractivity contribution in [2.24, 2.45) is 4.99 Å². The third-order valence-corrected chi connectivity index (χ3v) is 4.38. The van der Waals surface area contributed by atoms with Gasteiger partial charge in [-0.05, 0) is 77.5 Å². The Balaban J connectivity index is 1.72. The first-order chi connectivity index (χ1) is 12.7. The molecule has 0 bridgehead atoms. The molecule has 0 aliphatic rings. The summed E-state index contributed by atoms with van der Waals surface area (Å²) < 4.78 is 12.1. The van der Waals surface area contributed by atoms with E-state index in [1.54, 1.807) is 0 Å². The van der Waals surface area contributed by atoms with Crippen LogP contribution in [-0.4, -0.2) is 22.9 Å². The highest BCUT2D eigenvalue weighted by molar-refractivity contribution is 14.1. The molecule has 0 aliphatic heterocycles. The monoisotopic (exact) mass is 462 g/mol. The molecule has 1 N–H and O–H groups in total. The number of aromatic hydroxyl groups is 1. The average molecular weight is 462 g/mol. The number of ether oxygens (including phenoxy) is 1. The molecule has 1 aromatic heterocycles. The Hall–Kier alpha value is -2.35. The summed E-state index contributed by atoms with van der Waals surface area (Å²) in [7, 11) is 0. The number of unbranched alkanes of at least 4 members (excludes halogenated alkanes) is 1. The summed E-state index contributed by atoms with van der Waals surface area (Å²) in [6, 6.07) is 15.2. The molecule has 0 fully saturated rings. The normalized spacial score (nSPS) is 11.2. The molecule has 0 unspecified atom stereocenters. The summed E-state index contributed by atoms with van der Waals surface area (Å²) in [5.74, 6) is 0.891. The molecule has 0 aliphatic carbocycles. The predicted molar refractivity (Wildman–Crippen MR) is 110 cm³/mol. The molecule has 0 amide bonds. The van der Waals surface area contributed by atoms with Crippen molar-refractivity contribution in [3.05, 3.63) is 57.8 Å². The first kappa shape index (κ1) is 18.4. The highest BCUT2D eigenvalue weighted by Gasteiger charge is 2.12. The van der Waals surface area contributed by atoms with Crippen LogP contribution in [0.2, 0.25) is 0 Å². The van der Waals surface area contributed by atoms with Crippen LogP contribution in [0.3, 0.4) is 0 Å². The summed E-state index contributed by atoms with van der Waals surface area (Å²) >= 11 is 2.23. The van der Waals surface area contributed by atoms with E-state index in [-0.39, 0.29) is 5.95 Å². The number of hydrogen-bond acceptors (Lipinski definition) is 5. The Morgan fingerprint density at radius 3 is 2.58 bits per heavy atom. The van der Waals surface area contributed by atoms with E-state index in [0.717, 1.165) is 33.4 Å². The van der Waals surface area contributed by atoms with Gasteiger partial charge < -0.3 is 14.3 Å². The Morgan fingerprint density at radius 1 is 1.15 bits per heavy atom. The van der Waals surface area contributed by atoms with Crippen molar-refractivity contribution in [2.75, 3.05) is 6.61 Å². The number of nitrogens with zero attached hydrogens (tertiary/aromatic N) is 2. The van der Waals surface area contributed by atoms with Crippen LogP contribution in [0.5, 0.6) is 11.7 Å². The van der Waals surface area contributed by atoms with E-state index >= 15 is 0 Å². The van der Waals surface area contributed by atoms with Crippen LogP contribution in [0.15, 0.2) is 57.9 Å². The maximum atomic E-state index is 9.97. The molecule has 3 aromatic rings. The SMILES string of the molecule is CCCCOc1ccc(-c2nc(C=Nc3ccc(I)cc3)c(O)o2)cc1. The van der Waals surface area contributed by atoms with E-state index in [1.165, 1.54) is 6.21 Å². The van der Waals surface area contributed by atoms with Gasteiger partial charge in [0.25, 0.3) is 0 Å². The summed E-state index contributed by atoms with van der Waals surface area (Å²) in [5.41, 5.74) is 1.84. The summed E-state index contributed by atoms with van der Waals surface area (Å²) in [5, 5.41) is 9.97. The maximum Gasteiger partial charge on any atom is 0.312 e. The minimum absolute atomic E-state index is 0.252. The predicted octanol–water partition coefficient (Wildman–Crippen LogP) is 5.58. The quantitative estimate of drug-likeness (QED) is 0.283. The van der Waals surface area contributed by atoms with Gasteiger partial charge in [-0.2, -0.15) is 0 Å². The van der Waals surface area contributed by atoms with Crippen molar-refractivity contribution < 1.29 is 14.3 Å². The van der Waals surface area contributed by atoms with E-state index in [4.69, 9.17) is 9.15 Å². The summed E-state index contributed by atoms with van der Waals surface area (Å²) in [6.07, 6.45) is 3.62. The number of rotatable bonds is 7. The lowest BCUT2D eigenvalue weighted by Crippen LogP contribution is -1.95. The number of aromatic nitrogens is 1. The van der Waals surface area contributed by atoms with Crippen molar-refractivity contribution in [3.8, 4) is 23.1 Å². The fourth-order valence-electron chi connectivity index (χ4n) is 2.22. The summed E-state index contributed by atoms with van der Waals surface area (Å²) in [6.45, 7) is 2.83. The lowest BCUT2D eigenvalue weighted by molar-refractivity contribution is 0.309. The fourth-order valence-corrected chi connectivity index (χ4v) is 2.58. The van der Waals surface area contributed by atoms with Gasteiger partial charge in [-0.1, -0.05) is 13.3 Å². The number of halogens is 1. The standard InChI is InChI=1S/C20H19IN2O3/c1-2-3-12-25-17-10-4-14(5-11-17)19-23-18(20(24)26-19)13-22-16-8-6-15(21)7-9-16/h4-11,13,24H,2-3,12H2,1H3. The van der Waals surface area contributed by atoms with E-state index in [2.05, 4.69) is 39.5 Å². The first-order valence-corrected chi connectivity index (χ1v) is 9.46. The van der Waals surface area contributed by atoms with Gasteiger partial charge in [0, 0.05) is 9.13 Å². The molecule has 0 saturated carbocycles. The van der Waals surface area contributed by atoms with Crippen molar-refractivity contribution in [2.45, 2.75) is 19.8 Å². The molecule has 0 spiro atoms. The van der Waals surface area contributed by atoms with E-state index in [0.29, 0.717) is 18.2 Å². The molecule has 134 valence electrons. The Labute approximate surface area is 165 Å². The fraction of sp³-hybridized carbons (Fsp3) is 0.200. The van der Waals surface area contributed by atoms with Gasteiger partial charge in [0.2, 0.25) is 5.89 Å². The zero-order valence-electron chi connectivity index (χ0n) is 14.4. The van der Waals surface area contributed by atoms with Gasteiger partial charge in [0.1, 0.15) is 5.75 Å². The molecule has 3 rings (SSSR count). The van der Waals surface area contributed by atoms with Crippen molar-refractivity contribution in [1.82, 2.24) is 4.98 Å². The van der Waals surface area contributed by atoms with Crippen LogP contribution in [0.1, 0.15) is 25.5 Å². The van der Waals surface area contributed by atoms with Gasteiger partial charge in [-0.25, -0.2) is 4.98 Å². The molecular formula is C20H19IN2O3. The molecular weight excluding hydrogens is 443 g/mol. The second-order valence-electron chi connectivity index (χ2n) is 5.67. The van der Waals surface area contributed by atoms with E-state index in [9.17, 15) is 5.11 Å². The lowest BCUT2D eigenvalue weighted by Gasteiger charge is -2.05. The van der Waals surface area contributed by atoms with Crippen LogP contribution in [0.4, 0.5) is 5.69 Å². The molecule has 0 radical (unpaired) electrons. The van der Waals surface area contributed by atoms with Crippen LogP contribution in [0, 0.1) is 3.57 Å². The van der Waals surface area contributed by atoms with Gasteiger partial charge in [-0.15, -0.1) is 0 Å². The van der Waals surface area contributed by atoms with Gasteiger partial charge in [0.05, 0.1) is 18.5 Å². The Bertz CT molecular complexity index is 871. The van der Waals surface area contributed by atoms with Crippen LogP contribution in [-0.2, 0) is 0 Å². The highest BCUT2D eigenvalue weighted by Crippen LogP contribution is 2.27. The summed E-state index contributed by atoms with van der Waals surface area (Å²) in [4.78, 5) is 8.62. The zero-order chi connectivity index (χ0) is 18.4. The zero-order valence-corrected chi connectivity index (χ0v) is 16.5. The van der Waals surface area contributed by atoms with Crippen LogP contribution in [0.25, 0.3) is 11.5 Å². The minimum Gasteiger partial charge on any atom is -0.494 e. The topological polar surface area (TPSA) is 67.9 Å². The second kappa shape index (κ2) is 8.84. The van der Waals surface area contributed by atoms with Crippen LogP contribution < -0.4 is 4.74 Å². The molecule has 5 nitrogen and oxygen atoms in total. The maximum absolute atomic E-state index is 9.97. The van der Waals surface area contributed by atoms with E-state index < -0.39 is 0 Å². The molecule has 2 aromatic carbocycles. The minimum atomic E-state index is -0.252. The largest absolute Gasteiger partial charge is 0.494 e. The van der Waals surface area contributed by atoms with Gasteiger partial charge in [0.15, 0.2) is 5.69 Å². The number of oxazole rings is 1. The van der Waals surface area contributed by atoms with Crippen molar-refractivity contribution >= 4 is 34.5 Å². The van der Waals surface area contributed by atoms with Crippen LogP contribution >= 0.6 is 22.6 Å². The average Bonchev–Trinajstić information content (AvgIpc) is 3.03. The van der Waals surface area contributed by atoms with Crippen molar-refractivity contribution in [3.63, 3.8) is 0 Å². The van der Waals surface area contributed by atoms with Crippen molar-refractivity contribution in [1.29, 1.82) is 0 Å². The third-order valence-electron chi connectivity index (χ3n) is 3.66. The highest BCUT2D eigenvalue weighted by atomic mass is 127. The number of benzene rings is 2. The second-order valence-corrected chi connectivity index (χ2v) is 6.92. The van der Waals surface area contributed by atoms with Gasteiger partial charge >= 0.3 is 5.95 Å². The lowest BCUT2D eigenvalue weighted by atomic mass is 10.2. The molecule has 1 heterocycles. The van der Waals surface area contributed by atoms with E-state index in [1.807, 2.05) is 48.5 Å². The molecule has 26 heavy (non-hydrogen) atoms. The Morgan fingerprint density at radius 2 is 1.88 bits per heavy atom. The molecule has 6 heteroatoms. The number of aliphatic imine (C=N–C) groups is 1. The molecule has 0 atom stereocenters. The first-order valence-electron chi connectivity index (χ1n) is 8.38.